The fourth-order valence-corrected chi connectivity index (χ4v) is 1.59. The lowest BCUT2D eigenvalue weighted by Crippen LogP contribution is -2.35. The number of nitro groups is 1. The molecule has 0 amide bonds. The normalized spacial score (nSPS) is 13.6. The first-order chi connectivity index (χ1) is 8.88. The topological polar surface area (TPSA) is 82.8 Å². The van der Waals surface area contributed by atoms with Crippen molar-refractivity contribution in [1.29, 1.82) is 0 Å². The standard InChI is InChI=1S/C12H14FN3O3/c1-12(14,5-6-19-8-15-2)10-7-9(16(17)18)3-4-11(10)13/h3-4,7H,5-6,8,14H2,1H3/t12-/m0/s1. The molecule has 0 aliphatic rings. The number of halogens is 1. The molecule has 1 aromatic carbocycles. The van der Waals surface area contributed by atoms with Crippen molar-refractivity contribution in [3.63, 3.8) is 0 Å². The predicted octanol–water partition coefficient (Wildman–Crippen LogP) is 2.19. The maximum atomic E-state index is 13.7. The fourth-order valence-electron chi connectivity index (χ4n) is 1.59. The maximum absolute atomic E-state index is 13.7. The van der Waals surface area contributed by atoms with Gasteiger partial charge in [0.15, 0.2) is 0 Å². The second-order valence-corrected chi connectivity index (χ2v) is 4.28. The van der Waals surface area contributed by atoms with Crippen LogP contribution in [0.4, 0.5) is 10.1 Å². The van der Waals surface area contributed by atoms with E-state index in [1.807, 2.05) is 0 Å². The Morgan fingerprint density at radius 2 is 2.32 bits per heavy atom. The monoisotopic (exact) mass is 267 g/mol. The van der Waals surface area contributed by atoms with Crippen LogP contribution in [0.3, 0.4) is 0 Å². The molecule has 0 unspecified atom stereocenters. The molecule has 1 rings (SSSR count). The van der Waals surface area contributed by atoms with Crippen molar-refractivity contribution in [2.45, 2.75) is 18.9 Å². The van der Waals surface area contributed by atoms with Crippen molar-refractivity contribution in [3.05, 3.63) is 51.1 Å². The number of nitrogens with two attached hydrogens (primary N) is 1. The average Bonchev–Trinajstić information content (AvgIpc) is 2.34. The Morgan fingerprint density at radius 3 is 2.89 bits per heavy atom. The average molecular weight is 267 g/mol. The van der Waals surface area contributed by atoms with E-state index in [1.54, 1.807) is 6.92 Å². The lowest BCUT2D eigenvalue weighted by molar-refractivity contribution is -0.385. The van der Waals surface area contributed by atoms with Crippen LogP contribution in [0.25, 0.3) is 4.85 Å². The SMILES string of the molecule is [C-]#[N+]COCC[C@](C)(N)c1cc([N+](=O)[O-])ccc1F. The van der Waals surface area contributed by atoms with Crippen LogP contribution in [-0.4, -0.2) is 18.3 Å². The van der Waals surface area contributed by atoms with E-state index in [0.717, 1.165) is 18.2 Å². The molecule has 0 heterocycles. The Hall–Kier alpha value is -2.04. The van der Waals surface area contributed by atoms with Crippen molar-refractivity contribution in [2.24, 2.45) is 5.73 Å². The molecule has 7 heteroatoms. The zero-order valence-electron chi connectivity index (χ0n) is 10.4. The van der Waals surface area contributed by atoms with E-state index in [1.165, 1.54) is 0 Å². The van der Waals surface area contributed by atoms with E-state index in [2.05, 4.69) is 4.85 Å². The number of non-ortho nitro benzene ring substituents is 1. The molecule has 2 N–H and O–H groups in total. The van der Waals surface area contributed by atoms with Crippen LogP contribution in [0.2, 0.25) is 0 Å². The number of rotatable bonds is 6. The minimum absolute atomic E-state index is 0.0631. The highest BCUT2D eigenvalue weighted by Gasteiger charge is 2.27. The Labute approximate surface area is 109 Å². The lowest BCUT2D eigenvalue weighted by Gasteiger charge is -2.25. The van der Waals surface area contributed by atoms with Crippen LogP contribution < -0.4 is 5.73 Å². The number of ether oxygens (including phenoxy) is 1. The summed E-state index contributed by atoms with van der Waals surface area (Å²) in [6, 6.07) is 3.24. The summed E-state index contributed by atoms with van der Waals surface area (Å²) in [5, 5.41) is 10.7. The van der Waals surface area contributed by atoms with Crippen LogP contribution >= 0.6 is 0 Å². The van der Waals surface area contributed by atoms with Gasteiger partial charge in [0.25, 0.3) is 5.69 Å². The van der Waals surface area contributed by atoms with Crippen LogP contribution in [-0.2, 0) is 10.3 Å². The zero-order valence-corrected chi connectivity index (χ0v) is 10.4. The molecule has 0 aliphatic heterocycles. The third kappa shape index (κ3) is 3.98. The summed E-state index contributed by atoms with van der Waals surface area (Å²) in [5.74, 6) is -0.597. The van der Waals surface area contributed by atoms with Crippen LogP contribution in [0.1, 0.15) is 18.9 Å². The minimum Gasteiger partial charge on any atom is -0.321 e. The van der Waals surface area contributed by atoms with E-state index in [-0.39, 0.29) is 31.0 Å². The first-order valence-corrected chi connectivity index (χ1v) is 5.53. The number of nitrogens with zero attached hydrogens (tertiary/aromatic N) is 2. The number of benzene rings is 1. The smallest absolute Gasteiger partial charge is 0.318 e. The number of nitro benzene ring substituents is 1. The van der Waals surface area contributed by atoms with Gasteiger partial charge in [-0.15, -0.1) is 0 Å². The third-order valence-electron chi connectivity index (χ3n) is 2.70. The predicted molar refractivity (Wildman–Crippen MR) is 66.6 cm³/mol. The lowest BCUT2D eigenvalue weighted by atomic mass is 9.89. The van der Waals surface area contributed by atoms with E-state index >= 15 is 0 Å². The molecule has 0 aliphatic carbocycles. The van der Waals surface area contributed by atoms with Gasteiger partial charge in [0.1, 0.15) is 5.82 Å². The molecule has 19 heavy (non-hydrogen) atoms. The Bertz CT molecular complexity index is 511. The van der Waals surface area contributed by atoms with Gasteiger partial charge in [-0.1, -0.05) is 0 Å². The van der Waals surface area contributed by atoms with Crippen molar-refractivity contribution in [3.8, 4) is 0 Å². The maximum Gasteiger partial charge on any atom is 0.318 e. The Kier molecular flexibility index (Phi) is 4.92. The summed E-state index contributed by atoms with van der Waals surface area (Å²) < 4.78 is 18.7. The number of hydrogen-bond donors (Lipinski definition) is 1. The second-order valence-electron chi connectivity index (χ2n) is 4.28. The highest BCUT2D eigenvalue weighted by atomic mass is 19.1. The molecular formula is C12H14FN3O3. The summed E-state index contributed by atoms with van der Waals surface area (Å²) >= 11 is 0. The number of hydrogen-bond acceptors (Lipinski definition) is 4. The van der Waals surface area contributed by atoms with Gasteiger partial charge in [0.05, 0.1) is 11.5 Å². The first kappa shape index (κ1) is 15.0. The molecule has 0 saturated carbocycles. The molecule has 0 aromatic heterocycles. The van der Waals surface area contributed by atoms with Gasteiger partial charge >= 0.3 is 6.73 Å². The second kappa shape index (κ2) is 6.22. The molecule has 1 aromatic rings. The van der Waals surface area contributed by atoms with Gasteiger partial charge in [-0.25, -0.2) is 11.0 Å². The molecule has 0 bridgehead atoms. The molecule has 102 valence electrons. The van der Waals surface area contributed by atoms with Crippen molar-refractivity contribution in [1.82, 2.24) is 0 Å². The van der Waals surface area contributed by atoms with E-state index in [9.17, 15) is 14.5 Å². The molecule has 1 atom stereocenters. The minimum atomic E-state index is -1.10. The Balaban J connectivity index is 2.90. The summed E-state index contributed by atoms with van der Waals surface area (Å²) in [4.78, 5) is 13.1. The zero-order chi connectivity index (χ0) is 14.5. The molecule has 0 radical (unpaired) electrons. The molecule has 0 fully saturated rings. The highest BCUT2D eigenvalue weighted by molar-refractivity contribution is 5.38. The van der Waals surface area contributed by atoms with Crippen molar-refractivity contribution in [2.75, 3.05) is 13.3 Å². The van der Waals surface area contributed by atoms with Gasteiger partial charge in [0.2, 0.25) is 0 Å². The highest BCUT2D eigenvalue weighted by Crippen LogP contribution is 2.28. The largest absolute Gasteiger partial charge is 0.321 e. The van der Waals surface area contributed by atoms with E-state index in [0.29, 0.717) is 0 Å². The summed E-state index contributed by atoms with van der Waals surface area (Å²) in [6.07, 6.45) is 0.251. The Morgan fingerprint density at radius 1 is 1.63 bits per heavy atom. The van der Waals surface area contributed by atoms with Gasteiger partial charge in [-0.05, 0) is 19.4 Å². The quantitative estimate of drug-likeness (QED) is 0.370. The van der Waals surface area contributed by atoms with Gasteiger partial charge in [-0.2, -0.15) is 0 Å². The van der Waals surface area contributed by atoms with Crippen LogP contribution in [0.15, 0.2) is 18.2 Å². The van der Waals surface area contributed by atoms with Gasteiger partial charge in [0, 0.05) is 23.2 Å². The third-order valence-corrected chi connectivity index (χ3v) is 2.70. The molecule has 6 nitrogen and oxygen atoms in total. The summed E-state index contributed by atoms with van der Waals surface area (Å²) in [7, 11) is 0. The van der Waals surface area contributed by atoms with Gasteiger partial charge < -0.3 is 10.5 Å². The van der Waals surface area contributed by atoms with E-state index in [4.69, 9.17) is 17.0 Å². The molecular weight excluding hydrogens is 253 g/mol. The van der Waals surface area contributed by atoms with Crippen molar-refractivity contribution < 1.29 is 14.1 Å². The summed E-state index contributed by atoms with van der Waals surface area (Å²) in [6.45, 7) is 8.20. The van der Waals surface area contributed by atoms with Gasteiger partial charge in [-0.3, -0.25) is 15.0 Å². The first-order valence-electron chi connectivity index (χ1n) is 5.53. The van der Waals surface area contributed by atoms with Crippen LogP contribution in [0.5, 0.6) is 0 Å². The molecule has 0 spiro atoms. The molecule has 0 saturated heterocycles. The fraction of sp³-hybridized carbons (Fsp3) is 0.417. The summed E-state index contributed by atoms with van der Waals surface area (Å²) in [5.41, 5.74) is 4.72. The van der Waals surface area contributed by atoms with Crippen LogP contribution in [0, 0.1) is 22.5 Å². The van der Waals surface area contributed by atoms with E-state index < -0.39 is 16.3 Å². The van der Waals surface area contributed by atoms with Crippen molar-refractivity contribution >= 4 is 5.69 Å².